The number of nitrogens with two attached hydrogens (primary N) is 1. The summed E-state index contributed by atoms with van der Waals surface area (Å²) in [5, 5.41) is 11.1. The molecule has 1 saturated heterocycles. The first-order chi connectivity index (χ1) is 18.6. The first kappa shape index (κ1) is 24.7. The quantitative estimate of drug-likeness (QED) is 0.213. The van der Waals surface area contributed by atoms with Crippen LogP contribution in [-0.2, 0) is 15.1 Å². The van der Waals surface area contributed by atoms with Crippen LogP contribution in [0.25, 0.3) is 11.2 Å². The summed E-state index contributed by atoms with van der Waals surface area (Å²) in [7, 11) is 0. The molecule has 3 heterocycles. The lowest BCUT2D eigenvalue weighted by Gasteiger charge is -2.37. The number of ether oxygens (including phenoxy) is 2. The average Bonchev–Trinajstić information content (AvgIpc) is 3.50. The van der Waals surface area contributed by atoms with Gasteiger partial charge in [0.2, 0.25) is 0 Å². The van der Waals surface area contributed by atoms with Crippen LogP contribution in [0.4, 0.5) is 5.82 Å². The highest BCUT2D eigenvalue weighted by molar-refractivity contribution is 9.10. The van der Waals surface area contributed by atoms with Crippen molar-refractivity contribution in [1.82, 2.24) is 19.5 Å². The number of aliphatic hydroxyl groups is 1. The van der Waals surface area contributed by atoms with Gasteiger partial charge in [0, 0.05) is 6.42 Å². The third kappa shape index (κ3) is 4.27. The minimum absolute atomic E-state index is 0.151. The van der Waals surface area contributed by atoms with Crippen LogP contribution in [0.1, 0.15) is 29.3 Å². The highest BCUT2D eigenvalue weighted by Crippen LogP contribution is 2.42. The van der Waals surface area contributed by atoms with E-state index in [0.717, 1.165) is 16.7 Å². The Morgan fingerprint density at radius 2 is 1.47 bits per heavy atom. The zero-order valence-electron chi connectivity index (χ0n) is 20.4. The molecule has 192 valence electrons. The van der Waals surface area contributed by atoms with E-state index in [-0.39, 0.29) is 12.4 Å². The van der Waals surface area contributed by atoms with Gasteiger partial charge in [-0.3, -0.25) is 4.57 Å². The zero-order chi connectivity index (χ0) is 26.1. The minimum atomic E-state index is -0.908. The van der Waals surface area contributed by atoms with Crippen LogP contribution < -0.4 is 5.73 Å². The zero-order valence-corrected chi connectivity index (χ0v) is 22.0. The Labute approximate surface area is 228 Å². The van der Waals surface area contributed by atoms with Crippen LogP contribution >= 0.6 is 15.9 Å². The van der Waals surface area contributed by atoms with Crippen molar-refractivity contribution in [3.8, 4) is 0 Å². The number of imidazole rings is 1. The molecule has 2 aromatic heterocycles. The van der Waals surface area contributed by atoms with Crippen LogP contribution in [0.5, 0.6) is 0 Å². The average molecular weight is 572 g/mol. The number of nitrogen functional groups attached to an aromatic ring is 1. The Hall–Kier alpha value is -3.63. The van der Waals surface area contributed by atoms with Crippen molar-refractivity contribution in [2.45, 2.75) is 30.5 Å². The summed E-state index contributed by atoms with van der Waals surface area (Å²) >= 11 is 3.49. The summed E-state index contributed by atoms with van der Waals surface area (Å²) in [5.74, 6) is 0.284. The summed E-state index contributed by atoms with van der Waals surface area (Å²) in [6.45, 7) is 0.151. The second-order valence-electron chi connectivity index (χ2n) is 9.20. The highest BCUT2D eigenvalue weighted by atomic mass is 79.9. The van der Waals surface area contributed by atoms with Gasteiger partial charge in [0.05, 0.1) is 12.7 Å². The predicted octanol–water partition coefficient (Wildman–Crippen LogP) is 4.83. The van der Waals surface area contributed by atoms with Crippen LogP contribution in [-0.4, -0.2) is 43.4 Å². The van der Waals surface area contributed by atoms with Gasteiger partial charge in [-0.2, -0.15) is 0 Å². The Balaban J connectivity index is 1.35. The summed E-state index contributed by atoms with van der Waals surface area (Å²) in [6.07, 6.45) is -0.117. The van der Waals surface area contributed by atoms with Crippen LogP contribution in [0.3, 0.4) is 0 Å². The molecular formula is C29H26BrN5O3. The molecule has 9 heteroatoms. The number of hydrogen-bond acceptors (Lipinski definition) is 7. The number of anilines is 1. The van der Waals surface area contributed by atoms with Crippen LogP contribution in [0, 0.1) is 0 Å². The van der Waals surface area contributed by atoms with E-state index in [1.54, 1.807) is 4.57 Å². The van der Waals surface area contributed by atoms with Crippen molar-refractivity contribution in [3.05, 3.63) is 119 Å². The number of benzene rings is 3. The third-order valence-corrected chi connectivity index (χ3v) is 7.52. The van der Waals surface area contributed by atoms with Gasteiger partial charge < -0.3 is 20.3 Å². The highest BCUT2D eigenvalue weighted by Gasteiger charge is 2.42. The topological polar surface area (TPSA) is 108 Å². The number of aromatic nitrogens is 4. The van der Waals surface area contributed by atoms with Gasteiger partial charge in [-0.05, 0) is 32.6 Å². The molecule has 1 aliphatic rings. The number of nitrogens with zero attached hydrogens (tertiary/aromatic N) is 4. The number of hydrogen-bond donors (Lipinski definition) is 2. The summed E-state index contributed by atoms with van der Waals surface area (Å²) in [4.78, 5) is 12.8. The SMILES string of the molecule is Nc1ncnc2c1nc(Br)n2C1CC(O)C(COC(c2ccccc2)(c2ccccc2)c2ccccc2)O1. The molecule has 0 bridgehead atoms. The van der Waals surface area contributed by atoms with Crippen molar-refractivity contribution in [2.24, 2.45) is 0 Å². The molecule has 0 amide bonds. The molecule has 1 aliphatic heterocycles. The van der Waals surface area contributed by atoms with E-state index in [0.29, 0.717) is 22.3 Å². The summed E-state index contributed by atoms with van der Waals surface area (Å²) in [6, 6.07) is 30.4. The van der Waals surface area contributed by atoms with Crippen molar-refractivity contribution < 1.29 is 14.6 Å². The van der Waals surface area contributed by atoms with Gasteiger partial charge in [0.1, 0.15) is 24.3 Å². The van der Waals surface area contributed by atoms with Crippen molar-refractivity contribution in [1.29, 1.82) is 0 Å². The largest absolute Gasteiger partial charge is 0.390 e. The van der Waals surface area contributed by atoms with E-state index in [4.69, 9.17) is 15.2 Å². The molecule has 6 rings (SSSR count). The fourth-order valence-electron chi connectivity index (χ4n) is 5.15. The second kappa shape index (κ2) is 10.3. The Morgan fingerprint density at radius 1 is 0.921 bits per heavy atom. The molecule has 0 spiro atoms. The Morgan fingerprint density at radius 3 is 2.03 bits per heavy atom. The van der Waals surface area contributed by atoms with E-state index in [9.17, 15) is 5.11 Å². The molecule has 5 aromatic rings. The normalized spacial score (nSPS) is 19.7. The molecule has 8 nitrogen and oxygen atoms in total. The van der Waals surface area contributed by atoms with Gasteiger partial charge in [-0.1, -0.05) is 91.0 Å². The molecule has 3 unspecified atom stereocenters. The molecule has 0 saturated carbocycles. The maximum absolute atomic E-state index is 11.1. The Kier molecular flexibility index (Phi) is 6.67. The Bertz CT molecular complexity index is 1440. The third-order valence-electron chi connectivity index (χ3n) is 6.96. The molecule has 38 heavy (non-hydrogen) atoms. The monoisotopic (exact) mass is 571 g/mol. The number of halogens is 1. The molecule has 1 fully saturated rings. The molecule has 0 aliphatic carbocycles. The van der Waals surface area contributed by atoms with Crippen LogP contribution in [0.15, 0.2) is 102 Å². The first-order valence-corrected chi connectivity index (χ1v) is 13.1. The van der Waals surface area contributed by atoms with Gasteiger partial charge in [0.15, 0.2) is 21.7 Å². The van der Waals surface area contributed by atoms with E-state index >= 15 is 0 Å². The van der Waals surface area contributed by atoms with Gasteiger partial charge in [0.25, 0.3) is 0 Å². The lowest BCUT2D eigenvalue weighted by atomic mass is 9.80. The second-order valence-corrected chi connectivity index (χ2v) is 9.91. The lowest BCUT2D eigenvalue weighted by molar-refractivity contribution is -0.0934. The van der Waals surface area contributed by atoms with Crippen LogP contribution in [0.2, 0.25) is 0 Å². The van der Waals surface area contributed by atoms with Crippen molar-refractivity contribution in [2.75, 3.05) is 12.3 Å². The number of aliphatic hydroxyl groups excluding tert-OH is 1. The van der Waals surface area contributed by atoms with Crippen molar-refractivity contribution in [3.63, 3.8) is 0 Å². The van der Waals surface area contributed by atoms with Gasteiger partial charge in [-0.15, -0.1) is 0 Å². The first-order valence-electron chi connectivity index (χ1n) is 12.4. The summed E-state index contributed by atoms with van der Waals surface area (Å²) < 4.78 is 15.5. The maximum Gasteiger partial charge on any atom is 0.181 e. The molecule has 3 atom stereocenters. The van der Waals surface area contributed by atoms with Crippen molar-refractivity contribution >= 4 is 32.9 Å². The van der Waals surface area contributed by atoms with E-state index in [1.807, 2.05) is 54.6 Å². The smallest absolute Gasteiger partial charge is 0.181 e. The fourth-order valence-corrected chi connectivity index (χ4v) is 5.73. The fraction of sp³-hybridized carbons (Fsp3) is 0.207. The maximum atomic E-state index is 11.1. The number of fused-ring (bicyclic) bond motifs is 1. The minimum Gasteiger partial charge on any atom is -0.390 e. The molecule has 3 N–H and O–H groups in total. The molecule has 3 aromatic carbocycles. The number of rotatable bonds is 7. The van der Waals surface area contributed by atoms with E-state index in [2.05, 4.69) is 67.3 Å². The van der Waals surface area contributed by atoms with E-state index < -0.39 is 24.0 Å². The molecular weight excluding hydrogens is 546 g/mol. The van der Waals surface area contributed by atoms with Gasteiger partial charge >= 0.3 is 0 Å². The summed E-state index contributed by atoms with van der Waals surface area (Å²) in [5.41, 5.74) is 9.05. The standard InChI is InChI=1S/C29H26BrN5O3/c30-28-34-25-26(31)32-18-33-27(25)35(28)24-16-22(36)23(38-24)17-37-29(19-10-4-1-5-11-19,20-12-6-2-7-13-20)21-14-8-3-9-15-21/h1-15,18,22-24,36H,16-17H2,(H2,31,32,33). The molecule has 0 radical (unpaired) electrons. The predicted molar refractivity (Wildman–Crippen MR) is 147 cm³/mol. The lowest BCUT2D eigenvalue weighted by Crippen LogP contribution is -2.38. The van der Waals surface area contributed by atoms with E-state index in [1.165, 1.54) is 6.33 Å². The van der Waals surface area contributed by atoms with Gasteiger partial charge in [-0.25, -0.2) is 15.0 Å².